The fourth-order valence-electron chi connectivity index (χ4n) is 1.85. The zero-order chi connectivity index (χ0) is 18.4. The van der Waals surface area contributed by atoms with Gasteiger partial charge in [-0.3, -0.25) is 9.59 Å². The third kappa shape index (κ3) is 17.2. The number of carbonyl (C=O) groups excluding carboxylic acids is 2. The Hall–Kier alpha value is -1.14. The maximum absolute atomic E-state index is 11.6. The highest BCUT2D eigenvalue weighted by atomic mass is 16.5. The van der Waals surface area contributed by atoms with E-state index in [2.05, 4.69) is 45.3 Å². The standard InChI is InChI=1S/C18H36N2O4/c1-15(2)8-6-10-24-14-20-17(22)12-16(21)19-9-7-11-23-13-18(3,4)5/h15H,6-14H2,1-5H3,(H,19,21)(H,20,22). The Labute approximate surface area is 147 Å². The van der Waals surface area contributed by atoms with Crippen LogP contribution in [0.3, 0.4) is 0 Å². The SMILES string of the molecule is CC(C)CCCOCNC(=O)CC(=O)NCCCOCC(C)(C)C. The molecule has 0 rings (SSSR count). The molecule has 0 bridgehead atoms. The molecular formula is C18H36N2O4. The Balaban J connectivity index is 3.48. The van der Waals surface area contributed by atoms with E-state index in [1.807, 2.05) is 0 Å². The first kappa shape index (κ1) is 22.9. The van der Waals surface area contributed by atoms with Crippen molar-refractivity contribution in [2.24, 2.45) is 11.3 Å². The van der Waals surface area contributed by atoms with E-state index in [1.165, 1.54) is 0 Å². The molecule has 0 aromatic carbocycles. The summed E-state index contributed by atoms with van der Waals surface area (Å²) in [6, 6.07) is 0. The van der Waals surface area contributed by atoms with E-state index in [0.29, 0.717) is 32.3 Å². The summed E-state index contributed by atoms with van der Waals surface area (Å²) < 4.78 is 10.8. The van der Waals surface area contributed by atoms with Crippen molar-refractivity contribution in [1.82, 2.24) is 10.6 Å². The summed E-state index contributed by atoms with van der Waals surface area (Å²) in [5.41, 5.74) is 0.151. The molecule has 0 spiro atoms. The van der Waals surface area contributed by atoms with Crippen LogP contribution in [0.1, 0.15) is 60.3 Å². The lowest BCUT2D eigenvalue weighted by Crippen LogP contribution is -2.33. The Bertz CT molecular complexity index is 351. The van der Waals surface area contributed by atoms with Crippen LogP contribution in [0.4, 0.5) is 0 Å². The second-order valence-corrected chi connectivity index (χ2v) is 7.68. The van der Waals surface area contributed by atoms with Gasteiger partial charge < -0.3 is 20.1 Å². The molecule has 6 nitrogen and oxygen atoms in total. The van der Waals surface area contributed by atoms with Crippen molar-refractivity contribution in [3.63, 3.8) is 0 Å². The first-order chi connectivity index (χ1) is 11.2. The van der Waals surface area contributed by atoms with E-state index in [0.717, 1.165) is 19.3 Å². The lowest BCUT2D eigenvalue weighted by molar-refractivity contribution is -0.130. The molecule has 0 heterocycles. The van der Waals surface area contributed by atoms with Gasteiger partial charge in [0.1, 0.15) is 13.2 Å². The first-order valence-electron chi connectivity index (χ1n) is 8.89. The highest BCUT2D eigenvalue weighted by molar-refractivity contribution is 5.96. The Morgan fingerprint density at radius 3 is 2.21 bits per heavy atom. The third-order valence-electron chi connectivity index (χ3n) is 3.09. The Morgan fingerprint density at radius 2 is 1.58 bits per heavy atom. The van der Waals surface area contributed by atoms with Crippen LogP contribution in [0.15, 0.2) is 0 Å². The smallest absolute Gasteiger partial charge is 0.231 e. The quantitative estimate of drug-likeness (QED) is 0.306. The van der Waals surface area contributed by atoms with Gasteiger partial charge in [-0.2, -0.15) is 0 Å². The van der Waals surface area contributed by atoms with Gasteiger partial charge in [0, 0.05) is 19.8 Å². The van der Waals surface area contributed by atoms with Gasteiger partial charge in [-0.15, -0.1) is 0 Å². The molecule has 0 aliphatic carbocycles. The van der Waals surface area contributed by atoms with Crippen LogP contribution in [0.25, 0.3) is 0 Å². The summed E-state index contributed by atoms with van der Waals surface area (Å²) in [7, 11) is 0. The number of hydrogen-bond acceptors (Lipinski definition) is 4. The molecule has 0 radical (unpaired) electrons. The van der Waals surface area contributed by atoms with Crippen molar-refractivity contribution >= 4 is 11.8 Å². The van der Waals surface area contributed by atoms with E-state index in [4.69, 9.17) is 9.47 Å². The van der Waals surface area contributed by atoms with Gasteiger partial charge in [-0.25, -0.2) is 0 Å². The molecule has 2 N–H and O–H groups in total. The average molecular weight is 344 g/mol. The number of rotatable bonds is 13. The molecule has 0 fully saturated rings. The lowest BCUT2D eigenvalue weighted by Gasteiger charge is -2.17. The normalized spacial score (nSPS) is 11.6. The molecule has 6 heteroatoms. The predicted molar refractivity (Wildman–Crippen MR) is 95.6 cm³/mol. The molecule has 0 unspecified atom stereocenters. The number of hydrogen-bond donors (Lipinski definition) is 2. The van der Waals surface area contributed by atoms with Gasteiger partial charge in [-0.1, -0.05) is 34.6 Å². The number of ether oxygens (including phenoxy) is 2. The van der Waals surface area contributed by atoms with Crippen molar-refractivity contribution in [3.05, 3.63) is 0 Å². The molecule has 0 aromatic heterocycles. The number of carbonyl (C=O) groups is 2. The van der Waals surface area contributed by atoms with Crippen molar-refractivity contribution in [1.29, 1.82) is 0 Å². The van der Waals surface area contributed by atoms with Crippen LogP contribution in [0.2, 0.25) is 0 Å². The van der Waals surface area contributed by atoms with Gasteiger partial charge in [-0.05, 0) is 30.6 Å². The second kappa shape index (κ2) is 13.2. The highest BCUT2D eigenvalue weighted by Crippen LogP contribution is 2.12. The van der Waals surface area contributed by atoms with Gasteiger partial charge in [0.15, 0.2) is 0 Å². The molecule has 0 aliphatic heterocycles. The van der Waals surface area contributed by atoms with E-state index >= 15 is 0 Å². The van der Waals surface area contributed by atoms with Crippen molar-refractivity contribution in [2.75, 3.05) is 33.1 Å². The summed E-state index contributed by atoms with van der Waals surface area (Å²) >= 11 is 0. The summed E-state index contributed by atoms with van der Waals surface area (Å²) in [6.07, 6.45) is 2.65. The maximum Gasteiger partial charge on any atom is 0.231 e. The van der Waals surface area contributed by atoms with Crippen LogP contribution in [0, 0.1) is 11.3 Å². The largest absolute Gasteiger partial charge is 0.381 e. The maximum atomic E-state index is 11.6. The van der Waals surface area contributed by atoms with E-state index in [1.54, 1.807) is 0 Å². The van der Waals surface area contributed by atoms with E-state index < -0.39 is 0 Å². The van der Waals surface area contributed by atoms with Gasteiger partial charge in [0.05, 0.1) is 6.61 Å². The van der Waals surface area contributed by atoms with Crippen molar-refractivity contribution in [2.45, 2.75) is 60.3 Å². The van der Waals surface area contributed by atoms with Crippen LogP contribution >= 0.6 is 0 Å². The fourth-order valence-corrected chi connectivity index (χ4v) is 1.85. The summed E-state index contributed by atoms with van der Waals surface area (Å²) in [6.45, 7) is 13.3. The molecule has 0 aromatic rings. The molecular weight excluding hydrogens is 308 g/mol. The van der Waals surface area contributed by atoms with Gasteiger partial charge >= 0.3 is 0 Å². The number of amides is 2. The Morgan fingerprint density at radius 1 is 0.958 bits per heavy atom. The first-order valence-corrected chi connectivity index (χ1v) is 8.89. The zero-order valence-electron chi connectivity index (χ0n) is 16.1. The summed E-state index contributed by atoms with van der Waals surface area (Å²) in [4.78, 5) is 23.2. The number of nitrogens with one attached hydrogen (secondary N) is 2. The second-order valence-electron chi connectivity index (χ2n) is 7.68. The molecule has 2 amide bonds. The lowest BCUT2D eigenvalue weighted by atomic mass is 9.99. The fraction of sp³-hybridized carbons (Fsp3) is 0.889. The molecule has 0 saturated carbocycles. The average Bonchev–Trinajstić information content (AvgIpc) is 2.44. The summed E-state index contributed by atoms with van der Waals surface area (Å²) in [5.74, 6) is 0.0641. The summed E-state index contributed by atoms with van der Waals surface area (Å²) in [5, 5.41) is 5.30. The Kier molecular flexibility index (Phi) is 12.6. The van der Waals surface area contributed by atoms with E-state index in [-0.39, 0.29) is 30.4 Å². The molecule has 0 atom stereocenters. The minimum Gasteiger partial charge on any atom is -0.381 e. The van der Waals surface area contributed by atoms with E-state index in [9.17, 15) is 9.59 Å². The van der Waals surface area contributed by atoms with Crippen molar-refractivity contribution < 1.29 is 19.1 Å². The minimum absolute atomic E-state index is 0.151. The zero-order valence-corrected chi connectivity index (χ0v) is 16.1. The van der Waals surface area contributed by atoms with Crippen molar-refractivity contribution in [3.8, 4) is 0 Å². The molecule has 0 aliphatic rings. The van der Waals surface area contributed by atoms with Crippen LogP contribution in [-0.4, -0.2) is 44.9 Å². The van der Waals surface area contributed by atoms with Crippen LogP contribution in [-0.2, 0) is 19.1 Å². The molecule has 24 heavy (non-hydrogen) atoms. The highest BCUT2D eigenvalue weighted by Gasteiger charge is 2.10. The predicted octanol–water partition coefficient (Wildman–Crippen LogP) is 2.47. The molecule has 142 valence electrons. The minimum atomic E-state index is -0.319. The van der Waals surface area contributed by atoms with Gasteiger partial charge in [0.25, 0.3) is 0 Å². The van der Waals surface area contributed by atoms with Crippen LogP contribution in [0.5, 0.6) is 0 Å². The molecule has 0 saturated heterocycles. The third-order valence-corrected chi connectivity index (χ3v) is 3.09. The topological polar surface area (TPSA) is 76.7 Å². The van der Waals surface area contributed by atoms with Crippen LogP contribution < -0.4 is 10.6 Å². The van der Waals surface area contributed by atoms with Gasteiger partial charge in [0.2, 0.25) is 11.8 Å². The monoisotopic (exact) mass is 344 g/mol.